The number of anilines is 1. The number of hydrogen-bond acceptors (Lipinski definition) is 6. The minimum atomic E-state index is -0.576. The van der Waals surface area contributed by atoms with E-state index in [1.165, 1.54) is 7.11 Å². The average molecular weight is 283 g/mol. The van der Waals surface area contributed by atoms with Gasteiger partial charge < -0.3 is 19.5 Å². The molecule has 1 aromatic heterocycles. The summed E-state index contributed by atoms with van der Waals surface area (Å²) in [5, 5.41) is 9.75. The van der Waals surface area contributed by atoms with Gasteiger partial charge in [0, 0.05) is 31.0 Å². The van der Waals surface area contributed by atoms with E-state index in [4.69, 9.17) is 9.47 Å². The lowest BCUT2D eigenvalue weighted by Crippen LogP contribution is -2.41. The van der Waals surface area contributed by atoms with Crippen LogP contribution in [0.3, 0.4) is 0 Å². The number of aliphatic hydroxyl groups is 1. The first kappa shape index (κ1) is 13.5. The zero-order chi connectivity index (χ0) is 14.2. The quantitative estimate of drug-likeness (QED) is 0.869. The second-order valence-electron chi connectivity index (χ2n) is 5.45. The van der Waals surface area contributed by atoms with Crippen molar-refractivity contribution in [3.63, 3.8) is 0 Å². The fraction of sp³-hybridized carbons (Fsp3) is 0.692. The molecule has 0 spiro atoms. The van der Waals surface area contributed by atoms with Gasteiger partial charge in [0.05, 0.1) is 26.5 Å². The standard InChI is InChI=1S/C13H18FN3O3/c1-19-11-10(14)4-15-12(16-11)17-5-9-6-20-3-2-13(9,7-17)8-18/h4,9,18H,2-3,5-8H2,1H3/t9-,13-/m1/s1. The van der Waals surface area contributed by atoms with Gasteiger partial charge in [-0.3, -0.25) is 0 Å². The minimum Gasteiger partial charge on any atom is -0.479 e. The Balaban J connectivity index is 1.85. The van der Waals surface area contributed by atoms with Gasteiger partial charge in [0.15, 0.2) is 0 Å². The molecule has 0 aliphatic carbocycles. The van der Waals surface area contributed by atoms with Crippen LogP contribution in [0.2, 0.25) is 0 Å². The lowest BCUT2D eigenvalue weighted by Gasteiger charge is -2.36. The Morgan fingerprint density at radius 1 is 1.65 bits per heavy atom. The van der Waals surface area contributed by atoms with Crippen molar-refractivity contribution in [2.45, 2.75) is 6.42 Å². The first-order valence-electron chi connectivity index (χ1n) is 6.68. The molecule has 0 unspecified atom stereocenters. The summed E-state index contributed by atoms with van der Waals surface area (Å²) in [7, 11) is 1.38. The van der Waals surface area contributed by atoms with Gasteiger partial charge >= 0.3 is 0 Å². The van der Waals surface area contributed by atoms with Crippen molar-refractivity contribution in [3.05, 3.63) is 12.0 Å². The van der Waals surface area contributed by atoms with E-state index in [0.29, 0.717) is 32.3 Å². The molecule has 1 N–H and O–H groups in total. The largest absolute Gasteiger partial charge is 0.479 e. The summed E-state index contributed by atoms with van der Waals surface area (Å²) in [5.74, 6) is 0.0543. The maximum Gasteiger partial charge on any atom is 0.255 e. The lowest BCUT2D eigenvalue weighted by atomic mass is 9.75. The molecule has 110 valence electrons. The second kappa shape index (κ2) is 5.14. The van der Waals surface area contributed by atoms with Crippen LogP contribution in [0.15, 0.2) is 6.20 Å². The summed E-state index contributed by atoms with van der Waals surface area (Å²) in [6.45, 7) is 2.78. The predicted molar refractivity (Wildman–Crippen MR) is 69.2 cm³/mol. The Morgan fingerprint density at radius 3 is 3.20 bits per heavy atom. The van der Waals surface area contributed by atoms with Crippen molar-refractivity contribution < 1.29 is 19.0 Å². The number of rotatable bonds is 3. The highest BCUT2D eigenvalue weighted by Gasteiger charge is 2.48. The van der Waals surface area contributed by atoms with Crippen molar-refractivity contribution in [1.29, 1.82) is 0 Å². The Bertz CT molecular complexity index is 502. The summed E-state index contributed by atoms with van der Waals surface area (Å²) in [5.41, 5.74) is -0.163. The van der Waals surface area contributed by atoms with Gasteiger partial charge in [-0.2, -0.15) is 9.37 Å². The third kappa shape index (κ3) is 2.10. The van der Waals surface area contributed by atoms with Crippen LogP contribution in [0.1, 0.15) is 6.42 Å². The van der Waals surface area contributed by atoms with Gasteiger partial charge in [-0.05, 0) is 6.42 Å². The van der Waals surface area contributed by atoms with Crippen LogP contribution >= 0.6 is 0 Å². The molecule has 0 radical (unpaired) electrons. The smallest absolute Gasteiger partial charge is 0.255 e. The summed E-state index contributed by atoms with van der Waals surface area (Å²) in [6.07, 6.45) is 1.94. The third-order valence-corrected chi connectivity index (χ3v) is 4.37. The molecule has 2 fully saturated rings. The molecule has 2 aliphatic rings. The summed E-state index contributed by atoms with van der Waals surface area (Å²) >= 11 is 0. The summed E-state index contributed by atoms with van der Waals surface area (Å²) in [6, 6.07) is 0. The van der Waals surface area contributed by atoms with Gasteiger partial charge in [0.25, 0.3) is 5.88 Å². The molecule has 3 heterocycles. The molecular formula is C13H18FN3O3. The van der Waals surface area contributed by atoms with Crippen molar-refractivity contribution in [1.82, 2.24) is 9.97 Å². The fourth-order valence-corrected chi connectivity index (χ4v) is 3.10. The molecule has 0 aromatic carbocycles. The summed E-state index contributed by atoms with van der Waals surface area (Å²) < 4.78 is 23.7. The molecular weight excluding hydrogens is 265 g/mol. The highest BCUT2D eigenvalue weighted by Crippen LogP contribution is 2.42. The van der Waals surface area contributed by atoms with Crippen molar-refractivity contribution in [2.24, 2.45) is 11.3 Å². The van der Waals surface area contributed by atoms with Crippen molar-refractivity contribution in [2.75, 3.05) is 44.9 Å². The van der Waals surface area contributed by atoms with Crippen LogP contribution < -0.4 is 9.64 Å². The SMILES string of the molecule is COc1nc(N2C[C@@H]3COCC[C@]3(CO)C2)ncc1F. The Labute approximate surface area is 116 Å². The van der Waals surface area contributed by atoms with E-state index in [2.05, 4.69) is 9.97 Å². The molecule has 0 amide bonds. The number of methoxy groups -OCH3 is 1. The van der Waals surface area contributed by atoms with Gasteiger partial charge in [-0.25, -0.2) is 4.98 Å². The number of aliphatic hydroxyl groups excluding tert-OH is 1. The molecule has 6 nitrogen and oxygen atoms in total. The number of aromatic nitrogens is 2. The molecule has 0 saturated carbocycles. The normalized spacial score (nSPS) is 29.4. The average Bonchev–Trinajstić information content (AvgIpc) is 2.87. The van der Waals surface area contributed by atoms with E-state index in [0.717, 1.165) is 12.6 Å². The second-order valence-corrected chi connectivity index (χ2v) is 5.45. The van der Waals surface area contributed by atoms with E-state index in [9.17, 15) is 9.50 Å². The first-order chi connectivity index (χ1) is 9.68. The van der Waals surface area contributed by atoms with Crippen LogP contribution in [-0.2, 0) is 4.74 Å². The van der Waals surface area contributed by atoms with Gasteiger partial charge in [0.2, 0.25) is 11.8 Å². The Kier molecular flexibility index (Phi) is 3.47. The van der Waals surface area contributed by atoms with E-state index >= 15 is 0 Å². The van der Waals surface area contributed by atoms with E-state index in [1.54, 1.807) is 0 Å². The highest BCUT2D eigenvalue weighted by atomic mass is 19.1. The van der Waals surface area contributed by atoms with Crippen LogP contribution in [0.5, 0.6) is 5.88 Å². The topological polar surface area (TPSA) is 67.7 Å². The minimum absolute atomic E-state index is 0.0563. The molecule has 2 saturated heterocycles. The van der Waals surface area contributed by atoms with Crippen molar-refractivity contribution in [3.8, 4) is 5.88 Å². The molecule has 1 aromatic rings. The van der Waals surface area contributed by atoms with Crippen LogP contribution in [0.25, 0.3) is 0 Å². The van der Waals surface area contributed by atoms with Crippen LogP contribution in [-0.4, -0.2) is 55.1 Å². The zero-order valence-electron chi connectivity index (χ0n) is 11.4. The third-order valence-electron chi connectivity index (χ3n) is 4.37. The first-order valence-corrected chi connectivity index (χ1v) is 6.68. The number of halogens is 1. The van der Waals surface area contributed by atoms with Gasteiger partial charge in [0.1, 0.15) is 0 Å². The number of ether oxygens (including phenoxy) is 2. The number of fused-ring (bicyclic) bond motifs is 1. The molecule has 2 atom stereocenters. The fourth-order valence-electron chi connectivity index (χ4n) is 3.10. The molecule has 2 aliphatic heterocycles. The predicted octanol–water partition coefficient (Wildman–Crippen LogP) is 0.460. The monoisotopic (exact) mass is 283 g/mol. The molecule has 0 bridgehead atoms. The van der Waals surface area contributed by atoms with Gasteiger partial charge in [-0.15, -0.1) is 0 Å². The number of hydrogen-bond donors (Lipinski definition) is 1. The van der Waals surface area contributed by atoms with Crippen LogP contribution in [0, 0.1) is 17.2 Å². The van der Waals surface area contributed by atoms with Gasteiger partial charge in [-0.1, -0.05) is 0 Å². The summed E-state index contributed by atoms with van der Waals surface area (Å²) in [4.78, 5) is 10.1. The lowest BCUT2D eigenvalue weighted by molar-refractivity contribution is -0.0410. The van der Waals surface area contributed by atoms with E-state index in [1.807, 2.05) is 4.90 Å². The van der Waals surface area contributed by atoms with E-state index in [-0.39, 0.29) is 23.8 Å². The zero-order valence-corrected chi connectivity index (χ0v) is 11.4. The maximum absolute atomic E-state index is 13.4. The van der Waals surface area contributed by atoms with Crippen molar-refractivity contribution >= 4 is 5.95 Å². The Morgan fingerprint density at radius 2 is 2.50 bits per heavy atom. The maximum atomic E-state index is 13.4. The number of nitrogens with zero attached hydrogens (tertiary/aromatic N) is 3. The Hall–Kier alpha value is -1.47. The van der Waals surface area contributed by atoms with Crippen LogP contribution in [0.4, 0.5) is 10.3 Å². The molecule has 7 heteroatoms. The molecule has 20 heavy (non-hydrogen) atoms. The van der Waals surface area contributed by atoms with E-state index < -0.39 is 5.82 Å². The highest BCUT2D eigenvalue weighted by molar-refractivity contribution is 5.36. The molecule has 3 rings (SSSR count).